The summed E-state index contributed by atoms with van der Waals surface area (Å²) in [6, 6.07) is 8.83. The van der Waals surface area contributed by atoms with Gasteiger partial charge in [0.05, 0.1) is 29.7 Å². The molecule has 1 saturated heterocycles. The minimum absolute atomic E-state index is 0.0312. The number of nitrogens with zero attached hydrogens (tertiary/aromatic N) is 1. The number of pyridine rings is 1. The molecule has 0 aliphatic carbocycles. The first-order chi connectivity index (χ1) is 10.8. The van der Waals surface area contributed by atoms with Gasteiger partial charge in [-0.15, -0.1) is 0 Å². The van der Waals surface area contributed by atoms with Gasteiger partial charge in [-0.25, -0.2) is 13.4 Å². The number of ether oxygens (including phenoxy) is 1. The summed E-state index contributed by atoms with van der Waals surface area (Å²) in [6.45, 7) is 1.75. The number of sulfone groups is 1. The Morgan fingerprint density at radius 1 is 1.30 bits per heavy atom. The van der Waals surface area contributed by atoms with Crippen molar-refractivity contribution in [3.05, 3.63) is 36.0 Å². The predicted octanol–water partition coefficient (Wildman–Crippen LogP) is 1.55. The lowest BCUT2D eigenvalue weighted by molar-refractivity contribution is 0.0910. The average Bonchev–Trinajstić information content (AvgIpc) is 2.79. The molecule has 1 aromatic heterocycles. The van der Waals surface area contributed by atoms with Gasteiger partial charge in [-0.2, -0.15) is 0 Å². The SMILES string of the molecule is COc1ccc2nc(C(=O)N[C@@]3(C)CCS(=O)(=O)C3)ccc2c1. The summed E-state index contributed by atoms with van der Waals surface area (Å²) in [5, 5.41) is 3.68. The fraction of sp³-hybridized carbons (Fsp3) is 0.375. The molecule has 0 spiro atoms. The Morgan fingerprint density at radius 3 is 2.74 bits per heavy atom. The standard InChI is InChI=1S/C16H18N2O4S/c1-16(7-8-23(20,21)10-16)18-15(19)14-5-3-11-9-12(22-2)4-6-13(11)17-14/h3-6,9H,7-8,10H2,1-2H3,(H,18,19)/t16-/m0/s1. The maximum atomic E-state index is 12.4. The van der Waals surface area contributed by atoms with E-state index in [-0.39, 0.29) is 23.1 Å². The van der Waals surface area contributed by atoms with E-state index in [1.165, 1.54) is 0 Å². The fourth-order valence-corrected chi connectivity index (χ4v) is 4.90. The highest BCUT2D eigenvalue weighted by molar-refractivity contribution is 7.91. The first-order valence-electron chi connectivity index (χ1n) is 7.28. The molecule has 6 nitrogen and oxygen atoms in total. The fourth-order valence-electron chi connectivity index (χ4n) is 2.80. The summed E-state index contributed by atoms with van der Waals surface area (Å²) in [5.41, 5.74) is 0.225. The zero-order chi connectivity index (χ0) is 16.7. The van der Waals surface area contributed by atoms with Crippen LogP contribution < -0.4 is 10.1 Å². The number of hydrogen-bond donors (Lipinski definition) is 1. The number of aromatic nitrogens is 1. The Hall–Kier alpha value is -2.15. The van der Waals surface area contributed by atoms with Crippen LogP contribution in [-0.2, 0) is 9.84 Å². The molecule has 2 aromatic rings. The Bertz CT molecular complexity index is 879. The van der Waals surface area contributed by atoms with Crippen molar-refractivity contribution in [2.75, 3.05) is 18.6 Å². The maximum Gasteiger partial charge on any atom is 0.270 e. The first-order valence-corrected chi connectivity index (χ1v) is 9.10. The monoisotopic (exact) mass is 334 g/mol. The highest BCUT2D eigenvalue weighted by atomic mass is 32.2. The number of methoxy groups -OCH3 is 1. The number of hydrogen-bond acceptors (Lipinski definition) is 5. The average molecular weight is 334 g/mol. The van der Waals surface area contributed by atoms with Gasteiger partial charge in [0, 0.05) is 5.39 Å². The van der Waals surface area contributed by atoms with E-state index in [1.54, 1.807) is 38.3 Å². The molecule has 1 atom stereocenters. The Labute approximate surface area is 134 Å². The van der Waals surface area contributed by atoms with Gasteiger partial charge >= 0.3 is 0 Å². The molecular weight excluding hydrogens is 316 g/mol. The molecule has 1 aliphatic heterocycles. The maximum absolute atomic E-state index is 12.4. The number of carbonyl (C=O) groups is 1. The molecule has 1 fully saturated rings. The molecule has 0 saturated carbocycles. The molecule has 0 bridgehead atoms. The van der Waals surface area contributed by atoms with E-state index in [0.717, 1.165) is 11.1 Å². The molecule has 3 rings (SSSR count). The van der Waals surface area contributed by atoms with Crippen molar-refractivity contribution in [2.45, 2.75) is 18.9 Å². The van der Waals surface area contributed by atoms with Crippen molar-refractivity contribution >= 4 is 26.6 Å². The van der Waals surface area contributed by atoms with Crippen molar-refractivity contribution in [3.8, 4) is 5.75 Å². The van der Waals surface area contributed by atoms with Crippen LogP contribution in [0, 0.1) is 0 Å². The van der Waals surface area contributed by atoms with Crippen LogP contribution >= 0.6 is 0 Å². The zero-order valence-corrected chi connectivity index (χ0v) is 13.8. The minimum atomic E-state index is -3.07. The van der Waals surface area contributed by atoms with Gasteiger partial charge in [-0.1, -0.05) is 6.07 Å². The third-order valence-electron chi connectivity index (χ3n) is 4.05. The van der Waals surface area contributed by atoms with Crippen LogP contribution in [0.15, 0.2) is 30.3 Å². The molecule has 1 aromatic carbocycles. The number of nitrogens with one attached hydrogen (secondary N) is 1. The van der Waals surface area contributed by atoms with E-state index in [1.807, 2.05) is 6.07 Å². The quantitative estimate of drug-likeness (QED) is 0.920. The number of rotatable bonds is 3. The largest absolute Gasteiger partial charge is 0.497 e. The van der Waals surface area contributed by atoms with Crippen molar-refractivity contribution in [2.24, 2.45) is 0 Å². The summed E-state index contributed by atoms with van der Waals surface area (Å²) in [5.74, 6) is 0.438. The van der Waals surface area contributed by atoms with Crippen LogP contribution in [0.2, 0.25) is 0 Å². The highest BCUT2D eigenvalue weighted by Gasteiger charge is 2.39. The second kappa shape index (κ2) is 5.49. The zero-order valence-electron chi connectivity index (χ0n) is 13.0. The third kappa shape index (κ3) is 3.29. The van der Waals surface area contributed by atoms with Crippen LogP contribution in [0.5, 0.6) is 5.75 Å². The van der Waals surface area contributed by atoms with Gasteiger partial charge in [0.15, 0.2) is 9.84 Å². The molecule has 23 heavy (non-hydrogen) atoms. The molecule has 1 aliphatic rings. The van der Waals surface area contributed by atoms with Crippen LogP contribution in [0.1, 0.15) is 23.8 Å². The third-order valence-corrected chi connectivity index (χ3v) is 5.95. The predicted molar refractivity (Wildman–Crippen MR) is 87.4 cm³/mol. The normalized spacial score (nSPS) is 22.9. The molecule has 7 heteroatoms. The Morgan fingerprint density at radius 2 is 2.09 bits per heavy atom. The highest BCUT2D eigenvalue weighted by Crippen LogP contribution is 2.24. The van der Waals surface area contributed by atoms with Crippen molar-refractivity contribution in [1.82, 2.24) is 10.3 Å². The molecule has 0 radical (unpaired) electrons. The summed E-state index contributed by atoms with van der Waals surface area (Å²) < 4.78 is 28.4. The van der Waals surface area contributed by atoms with Gasteiger partial charge in [0.1, 0.15) is 11.4 Å². The van der Waals surface area contributed by atoms with Crippen molar-refractivity contribution < 1.29 is 17.9 Å². The topological polar surface area (TPSA) is 85.4 Å². The van der Waals surface area contributed by atoms with Gasteiger partial charge in [-0.3, -0.25) is 4.79 Å². The Balaban J connectivity index is 1.84. The summed E-state index contributed by atoms with van der Waals surface area (Å²) in [6.07, 6.45) is 0.422. The van der Waals surface area contributed by atoms with E-state index >= 15 is 0 Å². The van der Waals surface area contributed by atoms with Crippen LogP contribution in [0.4, 0.5) is 0 Å². The van der Waals surface area contributed by atoms with Crippen LogP contribution in [0.25, 0.3) is 10.9 Å². The van der Waals surface area contributed by atoms with E-state index in [4.69, 9.17) is 4.74 Å². The van der Waals surface area contributed by atoms with E-state index < -0.39 is 15.4 Å². The smallest absolute Gasteiger partial charge is 0.270 e. The minimum Gasteiger partial charge on any atom is -0.497 e. The summed E-state index contributed by atoms with van der Waals surface area (Å²) in [7, 11) is -1.48. The van der Waals surface area contributed by atoms with Crippen molar-refractivity contribution in [3.63, 3.8) is 0 Å². The molecular formula is C16H18N2O4S. The molecule has 1 amide bonds. The van der Waals surface area contributed by atoms with Gasteiger partial charge in [0.25, 0.3) is 5.91 Å². The number of benzene rings is 1. The second-order valence-electron chi connectivity index (χ2n) is 6.11. The van der Waals surface area contributed by atoms with Crippen molar-refractivity contribution in [1.29, 1.82) is 0 Å². The summed E-state index contributed by atoms with van der Waals surface area (Å²) in [4.78, 5) is 16.7. The van der Waals surface area contributed by atoms with E-state index in [0.29, 0.717) is 11.9 Å². The van der Waals surface area contributed by atoms with Gasteiger partial charge < -0.3 is 10.1 Å². The lowest BCUT2D eigenvalue weighted by Crippen LogP contribution is -2.47. The van der Waals surface area contributed by atoms with Gasteiger partial charge in [0.2, 0.25) is 0 Å². The lowest BCUT2D eigenvalue weighted by atomic mass is 10.0. The van der Waals surface area contributed by atoms with Gasteiger partial charge in [-0.05, 0) is 37.6 Å². The number of amides is 1. The van der Waals surface area contributed by atoms with Crippen LogP contribution in [-0.4, -0.2) is 43.5 Å². The molecule has 1 N–H and O–H groups in total. The molecule has 122 valence electrons. The first kappa shape index (κ1) is 15.7. The molecule has 0 unspecified atom stereocenters. The van der Waals surface area contributed by atoms with Crippen LogP contribution in [0.3, 0.4) is 0 Å². The second-order valence-corrected chi connectivity index (χ2v) is 8.30. The molecule has 2 heterocycles. The number of carbonyl (C=O) groups excluding carboxylic acids is 1. The van der Waals surface area contributed by atoms with E-state index in [9.17, 15) is 13.2 Å². The number of fused-ring (bicyclic) bond motifs is 1. The van der Waals surface area contributed by atoms with E-state index in [2.05, 4.69) is 10.3 Å². The summed E-state index contributed by atoms with van der Waals surface area (Å²) >= 11 is 0. The lowest BCUT2D eigenvalue weighted by Gasteiger charge is -2.23. The Kier molecular flexibility index (Phi) is 3.75.